The summed E-state index contributed by atoms with van der Waals surface area (Å²) in [6.45, 7) is 2.78. The Morgan fingerprint density at radius 3 is 2.45 bits per heavy atom. The maximum atomic E-state index is 12.3. The van der Waals surface area contributed by atoms with Gasteiger partial charge in [-0.2, -0.15) is 4.31 Å². The molecular weight excluding hydrogens is 306 g/mol. The largest absolute Gasteiger partial charge is 0.477 e. The molecule has 0 atom stereocenters. The summed E-state index contributed by atoms with van der Waals surface area (Å²) < 4.78 is 30.0. The molecule has 0 unspecified atom stereocenters. The van der Waals surface area contributed by atoms with Gasteiger partial charge < -0.3 is 9.84 Å². The van der Waals surface area contributed by atoms with Crippen molar-refractivity contribution in [1.29, 1.82) is 0 Å². The van der Waals surface area contributed by atoms with Crippen molar-refractivity contribution in [1.82, 2.24) is 4.31 Å². The van der Waals surface area contributed by atoms with E-state index in [1.165, 1.54) is 20.1 Å². The number of esters is 1. The van der Waals surface area contributed by atoms with E-state index in [2.05, 4.69) is 4.74 Å². The molecule has 0 saturated carbocycles. The minimum Gasteiger partial charge on any atom is -0.477 e. The standard InChI is InChI=1S/C11H15NO6S2/c1-4-12(6-8(13)18-3)20(16,17)9-5-7(2)10(19-9)11(14)15/h5H,4,6H2,1-3H3,(H,14,15). The lowest BCUT2D eigenvalue weighted by Gasteiger charge is -2.17. The number of likely N-dealkylation sites (N-methyl/N-ethyl adjacent to an activating group) is 1. The fraction of sp³-hybridized carbons (Fsp3) is 0.455. The Bertz CT molecular complexity index is 619. The van der Waals surface area contributed by atoms with Crippen LogP contribution in [0.25, 0.3) is 0 Å². The average molecular weight is 321 g/mol. The molecule has 0 aliphatic heterocycles. The highest BCUT2D eigenvalue weighted by Crippen LogP contribution is 2.28. The van der Waals surface area contributed by atoms with E-state index in [0.29, 0.717) is 16.9 Å². The van der Waals surface area contributed by atoms with Crippen LogP contribution in [0.1, 0.15) is 22.2 Å². The number of carbonyl (C=O) groups excluding carboxylic acids is 1. The molecule has 0 aliphatic rings. The highest BCUT2D eigenvalue weighted by atomic mass is 32.2. The predicted molar refractivity (Wildman–Crippen MR) is 72.5 cm³/mol. The Hall–Kier alpha value is -1.45. The van der Waals surface area contributed by atoms with Crippen LogP contribution in [-0.4, -0.2) is 50.0 Å². The van der Waals surface area contributed by atoms with Crippen LogP contribution in [-0.2, 0) is 19.6 Å². The fourth-order valence-corrected chi connectivity index (χ4v) is 4.42. The van der Waals surface area contributed by atoms with Gasteiger partial charge in [-0.15, -0.1) is 11.3 Å². The zero-order valence-electron chi connectivity index (χ0n) is 11.2. The first-order chi connectivity index (χ1) is 9.23. The highest BCUT2D eigenvalue weighted by Gasteiger charge is 2.29. The molecular formula is C11H15NO6S2. The van der Waals surface area contributed by atoms with Crippen LogP contribution >= 0.6 is 11.3 Å². The number of aromatic carboxylic acids is 1. The van der Waals surface area contributed by atoms with Crippen molar-refractivity contribution in [3.63, 3.8) is 0 Å². The van der Waals surface area contributed by atoms with Crippen molar-refractivity contribution in [2.24, 2.45) is 0 Å². The molecule has 9 heteroatoms. The summed E-state index contributed by atoms with van der Waals surface area (Å²) in [5, 5.41) is 8.95. The van der Waals surface area contributed by atoms with Crippen molar-refractivity contribution in [2.45, 2.75) is 18.1 Å². The highest BCUT2D eigenvalue weighted by molar-refractivity contribution is 7.91. The molecule has 112 valence electrons. The van der Waals surface area contributed by atoms with Gasteiger partial charge in [0.1, 0.15) is 15.6 Å². The minimum atomic E-state index is -3.90. The lowest BCUT2D eigenvalue weighted by atomic mass is 10.3. The molecule has 1 heterocycles. The van der Waals surface area contributed by atoms with E-state index in [-0.39, 0.29) is 15.6 Å². The van der Waals surface area contributed by atoms with Crippen molar-refractivity contribution in [3.8, 4) is 0 Å². The van der Waals surface area contributed by atoms with Crippen LogP contribution in [0, 0.1) is 6.92 Å². The molecule has 7 nitrogen and oxygen atoms in total. The normalized spacial score (nSPS) is 11.6. The van der Waals surface area contributed by atoms with E-state index in [4.69, 9.17) is 5.11 Å². The summed E-state index contributed by atoms with van der Waals surface area (Å²) in [5.41, 5.74) is 0.371. The first kappa shape index (κ1) is 16.6. The summed E-state index contributed by atoms with van der Waals surface area (Å²) in [6, 6.07) is 1.30. The predicted octanol–water partition coefficient (Wildman–Crippen LogP) is 0.938. The Kier molecular flexibility index (Phi) is 5.26. The van der Waals surface area contributed by atoms with Crippen LogP contribution in [0.5, 0.6) is 0 Å². The van der Waals surface area contributed by atoms with E-state index >= 15 is 0 Å². The molecule has 1 rings (SSSR count). The van der Waals surface area contributed by atoms with E-state index in [9.17, 15) is 18.0 Å². The summed E-state index contributed by atoms with van der Waals surface area (Å²) in [7, 11) is -2.74. The van der Waals surface area contributed by atoms with Crippen LogP contribution in [0.4, 0.5) is 0 Å². The Balaban J connectivity index is 3.17. The molecule has 1 aromatic rings. The number of carboxylic acids is 1. The molecule has 0 radical (unpaired) electrons. The molecule has 0 amide bonds. The number of hydrogen-bond donors (Lipinski definition) is 1. The summed E-state index contributed by atoms with van der Waals surface area (Å²) in [4.78, 5) is 22.1. The first-order valence-electron chi connectivity index (χ1n) is 5.64. The van der Waals surface area contributed by atoms with Gasteiger partial charge in [-0.1, -0.05) is 6.92 Å². The van der Waals surface area contributed by atoms with E-state index in [1.807, 2.05) is 0 Å². The molecule has 0 bridgehead atoms. The van der Waals surface area contributed by atoms with E-state index < -0.39 is 28.5 Å². The lowest BCUT2D eigenvalue weighted by Crippen LogP contribution is -2.35. The molecule has 0 spiro atoms. The molecule has 0 saturated heterocycles. The molecule has 0 aromatic carbocycles. The number of rotatable bonds is 6. The van der Waals surface area contributed by atoms with Gasteiger partial charge in [0.15, 0.2) is 0 Å². The van der Waals surface area contributed by atoms with Crippen molar-refractivity contribution >= 4 is 33.3 Å². The number of sulfonamides is 1. The number of carboxylic acid groups (broad SMARTS) is 1. The van der Waals surface area contributed by atoms with Gasteiger partial charge in [0.25, 0.3) is 10.0 Å². The van der Waals surface area contributed by atoms with Crippen molar-refractivity contribution in [3.05, 3.63) is 16.5 Å². The zero-order chi connectivity index (χ0) is 15.5. The Morgan fingerprint density at radius 2 is 2.05 bits per heavy atom. The third kappa shape index (κ3) is 3.35. The lowest BCUT2D eigenvalue weighted by molar-refractivity contribution is -0.140. The average Bonchev–Trinajstić information content (AvgIpc) is 2.78. The number of aryl methyl sites for hydroxylation is 1. The monoisotopic (exact) mass is 321 g/mol. The number of ether oxygens (including phenoxy) is 1. The second-order valence-corrected chi connectivity index (χ2v) is 7.11. The first-order valence-corrected chi connectivity index (χ1v) is 7.90. The number of thiophene rings is 1. The molecule has 0 aliphatic carbocycles. The quantitative estimate of drug-likeness (QED) is 0.783. The van der Waals surface area contributed by atoms with Gasteiger partial charge in [0.05, 0.1) is 7.11 Å². The number of nitrogens with zero attached hydrogens (tertiary/aromatic N) is 1. The van der Waals surface area contributed by atoms with Crippen molar-refractivity contribution < 1.29 is 27.9 Å². The molecule has 20 heavy (non-hydrogen) atoms. The zero-order valence-corrected chi connectivity index (χ0v) is 12.9. The van der Waals surface area contributed by atoms with Gasteiger partial charge in [0.2, 0.25) is 0 Å². The van der Waals surface area contributed by atoms with E-state index in [1.54, 1.807) is 6.92 Å². The molecule has 1 N–H and O–H groups in total. The Morgan fingerprint density at radius 1 is 1.45 bits per heavy atom. The van der Waals surface area contributed by atoms with Gasteiger partial charge in [-0.25, -0.2) is 13.2 Å². The second kappa shape index (κ2) is 6.33. The Labute approximate surface area is 120 Å². The van der Waals surface area contributed by atoms with Crippen LogP contribution in [0.3, 0.4) is 0 Å². The SMILES string of the molecule is CCN(CC(=O)OC)S(=O)(=O)c1cc(C)c(C(=O)O)s1. The smallest absolute Gasteiger partial charge is 0.346 e. The van der Waals surface area contributed by atoms with E-state index in [0.717, 1.165) is 4.31 Å². The topological polar surface area (TPSA) is 101 Å². The third-order valence-corrected chi connectivity index (χ3v) is 6.16. The van der Waals surface area contributed by atoms with Crippen LogP contribution in [0.15, 0.2) is 10.3 Å². The fourth-order valence-electron chi connectivity index (χ4n) is 1.49. The van der Waals surface area contributed by atoms with Crippen LogP contribution < -0.4 is 0 Å². The third-order valence-electron chi connectivity index (χ3n) is 2.57. The van der Waals surface area contributed by atoms with Gasteiger partial charge in [-0.05, 0) is 18.6 Å². The van der Waals surface area contributed by atoms with Crippen LogP contribution in [0.2, 0.25) is 0 Å². The molecule has 0 fully saturated rings. The molecule has 1 aromatic heterocycles. The maximum Gasteiger partial charge on any atom is 0.346 e. The number of hydrogen-bond acceptors (Lipinski definition) is 6. The van der Waals surface area contributed by atoms with Crippen molar-refractivity contribution in [2.75, 3.05) is 20.2 Å². The van der Waals surface area contributed by atoms with Gasteiger partial charge in [0, 0.05) is 6.54 Å². The number of carbonyl (C=O) groups is 2. The summed E-state index contributed by atoms with van der Waals surface area (Å²) in [6.07, 6.45) is 0. The van der Waals surface area contributed by atoms with Gasteiger partial charge >= 0.3 is 11.9 Å². The number of methoxy groups -OCH3 is 1. The second-order valence-electron chi connectivity index (χ2n) is 3.89. The summed E-state index contributed by atoms with van der Waals surface area (Å²) >= 11 is 0.672. The minimum absolute atomic E-state index is 0.0299. The maximum absolute atomic E-state index is 12.3. The summed E-state index contributed by atoms with van der Waals surface area (Å²) in [5.74, 6) is -1.85. The van der Waals surface area contributed by atoms with Gasteiger partial charge in [-0.3, -0.25) is 4.79 Å².